The van der Waals surface area contributed by atoms with E-state index in [1.807, 2.05) is 4.90 Å². The summed E-state index contributed by atoms with van der Waals surface area (Å²) in [4.78, 5) is 12.8. The van der Waals surface area contributed by atoms with Gasteiger partial charge in [0.1, 0.15) is 6.10 Å². The molecule has 0 saturated carbocycles. The number of nitrogens with one attached hydrogen (secondary N) is 1. The Kier molecular flexibility index (Phi) is 3.34. The summed E-state index contributed by atoms with van der Waals surface area (Å²) < 4.78 is 5.08. The summed E-state index contributed by atoms with van der Waals surface area (Å²) >= 11 is 0. The molecule has 1 aliphatic rings. The summed E-state index contributed by atoms with van der Waals surface area (Å²) in [5.74, 6) is 0. The first-order valence-corrected chi connectivity index (χ1v) is 4.16. The van der Waals surface area contributed by atoms with Crippen molar-refractivity contribution in [2.45, 2.75) is 18.9 Å². The first kappa shape index (κ1) is 9.32. The number of carbonyl (C=O) groups is 1. The van der Waals surface area contributed by atoms with Crippen LogP contribution in [0.2, 0.25) is 0 Å². The molecule has 1 fully saturated rings. The van der Waals surface area contributed by atoms with Gasteiger partial charge in [-0.05, 0) is 25.9 Å². The number of hydrogen-bond donors (Lipinski definition) is 1. The highest BCUT2D eigenvalue weighted by Crippen LogP contribution is 2.12. The van der Waals surface area contributed by atoms with Crippen LogP contribution in [-0.2, 0) is 4.74 Å². The van der Waals surface area contributed by atoms with Gasteiger partial charge in [-0.15, -0.1) is 0 Å². The SMILES string of the molecule is [CH2-]N1CCC(OC(=O)NC)CC1. The van der Waals surface area contributed by atoms with E-state index in [9.17, 15) is 4.79 Å². The number of hydrogen-bond acceptors (Lipinski definition) is 3. The molecular weight excluding hydrogens is 156 g/mol. The van der Waals surface area contributed by atoms with Gasteiger partial charge in [0, 0.05) is 7.05 Å². The molecule has 12 heavy (non-hydrogen) atoms. The van der Waals surface area contributed by atoms with Gasteiger partial charge < -0.3 is 15.0 Å². The number of rotatable bonds is 1. The molecule has 4 heteroatoms. The maximum Gasteiger partial charge on any atom is 0.407 e. The number of likely N-dealkylation sites (tertiary alicyclic amines) is 1. The van der Waals surface area contributed by atoms with Crippen LogP contribution in [0.25, 0.3) is 0 Å². The lowest BCUT2D eigenvalue weighted by atomic mass is 10.1. The van der Waals surface area contributed by atoms with Crippen LogP contribution in [0.15, 0.2) is 0 Å². The Morgan fingerprint density at radius 2 is 2.17 bits per heavy atom. The molecule has 1 amide bonds. The van der Waals surface area contributed by atoms with E-state index in [2.05, 4.69) is 12.4 Å². The highest BCUT2D eigenvalue weighted by atomic mass is 16.6. The van der Waals surface area contributed by atoms with Crippen molar-refractivity contribution in [3.8, 4) is 0 Å². The summed E-state index contributed by atoms with van der Waals surface area (Å²) in [7, 11) is 5.38. The van der Waals surface area contributed by atoms with Crippen molar-refractivity contribution in [1.29, 1.82) is 0 Å². The maximum absolute atomic E-state index is 10.8. The summed E-state index contributed by atoms with van der Waals surface area (Å²) in [5, 5.41) is 2.43. The molecule has 1 N–H and O–H groups in total. The lowest BCUT2D eigenvalue weighted by Crippen LogP contribution is -2.36. The number of alkyl carbamates (subject to hydrolysis) is 1. The fraction of sp³-hybridized carbons (Fsp3) is 0.750. The van der Waals surface area contributed by atoms with E-state index in [0.717, 1.165) is 25.9 Å². The molecule has 0 aromatic carbocycles. The van der Waals surface area contributed by atoms with Gasteiger partial charge in [0.25, 0.3) is 0 Å². The zero-order valence-electron chi connectivity index (χ0n) is 7.38. The highest BCUT2D eigenvalue weighted by Gasteiger charge is 2.17. The third kappa shape index (κ3) is 2.70. The van der Waals surface area contributed by atoms with E-state index in [0.29, 0.717) is 0 Å². The van der Waals surface area contributed by atoms with Gasteiger partial charge in [0.15, 0.2) is 0 Å². The lowest BCUT2D eigenvalue weighted by Gasteiger charge is -2.33. The van der Waals surface area contributed by atoms with Crippen molar-refractivity contribution in [1.82, 2.24) is 10.2 Å². The first-order chi connectivity index (χ1) is 5.72. The average molecular weight is 171 g/mol. The molecule has 1 rings (SSSR count). The summed E-state index contributed by atoms with van der Waals surface area (Å²) in [5.41, 5.74) is 0. The standard InChI is InChI=1S/C8H15N2O2/c1-9-8(11)12-7-3-5-10(2)6-4-7/h7H,2-6H2,1H3,(H,9,11)/q-1. The number of carbonyl (C=O) groups excluding carboxylic acids is 1. The number of nitrogens with zero attached hydrogens (tertiary/aromatic N) is 1. The van der Waals surface area contributed by atoms with E-state index in [-0.39, 0.29) is 12.2 Å². The van der Waals surface area contributed by atoms with E-state index in [4.69, 9.17) is 4.74 Å². The van der Waals surface area contributed by atoms with Crippen LogP contribution in [0.1, 0.15) is 12.8 Å². The monoisotopic (exact) mass is 171 g/mol. The zero-order valence-corrected chi connectivity index (χ0v) is 7.38. The largest absolute Gasteiger partial charge is 0.459 e. The minimum absolute atomic E-state index is 0.0722. The van der Waals surface area contributed by atoms with E-state index in [1.165, 1.54) is 0 Å². The minimum Gasteiger partial charge on any atom is -0.459 e. The maximum atomic E-state index is 10.8. The second kappa shape index (κ2) is 4.30. The second-order valence-electron chi connectivity index (χ2n) is 2.97. The molecule has 70 valence electrons. The molecule has 0 bridgehead atoms. The Labute approximate surface area is 72.9 Å². The van der Waals surface area contributed by atoms with Gasteiger partial charge in [0.05, 0.1) is 0 Å². The Morgan fingerprint density at radius 1 is 1.58 bits per heavy atom. The normalized spacial score (nSPS) is 20.5. The highest BCUT2D eigenvalue weighted by molar-refractivity contribution is 5.66. The van der Waals surface area contributed by atoms with E-state index < -0.39 is 0 Å². The van der Waals surface area contributed by atoms with Crippen molar-refractivity contribution in [2.24, 2.45) is 0 Å². The summed E-state index contributed by atoms with van der Waals surface area (Å²) in [6, 6.07) is 0. The second-order valence-corrected chi connectivity index (χ2v) is 2.97. The molecule has 1 heterocycles. The van der Waals surface area contributed by atoms with Crippen molar-refractivity contribution >= 4 is 6.09 Å². The van der Waals surface area contributed by atoms with Crippen LogP contribution < -0.4 is 5.32 Å². The molecule has 1 saturated heterocycles. The number of piperidine rings is 1. The smallest absolute Gasteiger partial charge is 0.407 e. The molecule has 1 aliphatic heterocycles. The van der Waals surface area contributed by atoms with Crippen LogP contribution in [0.4, 0.5) is 4.79 Å². The Balaban J connectivity index is 2.21. The fourth-order valence-electron chi connectivity index (χ4n) is 1.24. The third-order valence-electron chi connectivity index (χ3n) is 2.01. The Bertz CT molecular complexity index is 153. The quantitative estimate of drug-likeness (QED) is 0.587. The number of amides is 1. The predicted octanol–water partition coefficient (Wildman–Crippen LogP) is 0.598. The van der Waals surface area contributed by atoms with Gasteiger partial charge in [-0.3, -0.25) is 7.05 Å². The molecule has 0 aliphatic carbocycles. The van der Waals surface area contributed by atoms with Gasteiger partial charge in [-0.1, -0.05) is 0 Å². The van der Waals surface area contributed by atoms with E-state index in [1.54, 1.807) is 7.05 Å². The summed E-state index contributed by atoms with van der Waals surface area (Å²) in [6.07, 6.45) is 1.51. The van der Waals surface area contributed by atoms with Crippen molar-refractivity contribution in [2.75, 3.05) is 20.1 Å². The van der Waals surface area contributed by atoms with Crippen LogP contribution in [-0.4, -0.2) is 37.2 Å². The molecule has 0 spiro atoms. The van der Waals surface area contributed by atoms with Crippen molar-refractivity contribution in [3.05, 3.63) is 7.05 Å². The van der Waals surface area contributed by atoms with E-state index >= 15 is 0 Å². The van der Waals surface area contributed by atoms with Crippen LogP contribution in [0.5, 0.6) is 0 Å². The van der Waals surface area contributed by atoms with Gasteiger partial charge in [-0.25, -0.2) is 4.79 Å². The third-order valence-corrected chi connectivity index (χ3v) is 2.01. The molecule has 0 atom stereocenters. The Morgan fingerprint density at radius 3 is 2.67 bits per heavy atom. The van der Waals surface area contributed by atoms with Gasteiger partial charge in [0.2, 0.25) is 0 Å². The van der Waals surface area contributed by atoms with Gasteiger partial charge >= 0.3 is 6.09 Å². The molecule has 4 nitrogen and oxygen atoms in total. The Hall–Kier alpha value is -0.770. The van der Waals surface area contributed by atoms with Crippen LogP contribution in [0, 0.1) is 7.05 Å². The lowest BCUT2D eigenvalue weighted by molar-refractivity contribution is 0.0621. The topological polar surface area (TPSA) is 41.6 Å². The molecule has 0 unspecified atom stereocenters. The van der Waals surface area contributed by atoms with Crippen LogP contribution in [0.3, 0.4) is 0 Å². The van der Waals surface area contributed by atoms with Crippen LogP contribution >= 0.6 is 0 Å². The first-order valence-electron chi connectivity index (χ1n) is 4.16. The van der Waals surface area contributed by atoms with Gasteiger partial charge in [-0.2, -0.15) is 0 Å². The zero-order chi connectivity index (χ0) is 8.97. The molecule has 0 aromatic heterocycles. The molecule has 0 aromatic rings. The average Bonchev–Trinajstić information content (AvgIpc) is 2.09. The molecular formula is C8H15N2O2-. The number of ether oxygens (including phenoxy) is 1. The minimum atomic E-state index is -0.336. The predicted molar refractivity (Wildman–Crippen MR) is 45.5 cm³/mol. The molecule has 0 radical (unpaired) electrons. The fourth-order valence-corrected chi connectivity index (χ4v) is 1.24. The summed E-state index contributed by atoms with van der Waals surface area (Å²) in [6.45, 7) is 1.81. The van der Waals surface area contributed by atoms with Crippen molar-refractivity contribution < 1.29 is 9.53 Å². The van der Waals surface area contributed by atoms with Crippen molar-refractivity contribution in [3.63, 3.8) is 0 Å².